The maximum atomic E-state index is 13.1. The first kappa shape index (κ1) is 33.5. The Bertz CT molecular complexity index is 2330. The van der Waals surface area contributed by atoms with E-state index in [0.717, 1.165) is 21.4 Å². The molecule has 0 fully saturated rings. The fraction of sp³-hybridized carbons (Fsp3) is 0. The van der Waals surface area contributed by atoms with Crippen LogP contribution in [0, 0.1) is 10.1 Å². The zero-order chi connectivity index (χ0) is 34.1. The third kappa shape index (κ3) is 7.06. The van der Waals surface area contributed by atoms with Gasteiger partial charge in [0.1, 0.15) is 15.5 Å². The lowest BCUT2D eigenvalue weighted by Crippen LogP contribution is -2.18. The number of fused-ring (bicyclic) bond motifs is 2. The molecule has 10 nitrogen and oxygen atoms in total. The molecule has 4 aromatic carbocycles. The van der Waals surface area contributed by atoms with Gasteiger partial charge in [-0.15, -0.1) is 22.7 Å². The van der Waals surface area contributed by atoms with E-state index in [1.54, 1.807) is 42.5 Å². The van der Waals surface area contributed by atoms with Crippen LogP contribution in [0.2, 0.25) is 15.1 Å². The normalized spacial score (nSPS) is 11.2. The Balaban J connectivity index is 1.11. The van der Waals surface area contributed by atoms with Crippen LogP contribution in [0.1, 0.15) is 35.3 Å². The number of anilines is 1. The summed E-state index contributed by atoms with van der Waals surface area (Å²) in [6, 6.07) is 20.3. The van der Waals surface area contributed by atoms with Crippen molar-refractivity contribution in [3.8, 4) is 5.75 Å². The van der Waals surface area contributed by atoms with Gasteiger partial charge in [-0.1, -0.05) is 56.8 Å². The van der Waals surface area contributed by atoms with Crippen molar-refractivity contribution < 1.29 is 24.0 Å². The molecule has 2 aromatic heterocycles. The smallest absolute Gasteiger partial charge is 0.355 e. The highest BCUT2D eigenvalue weighted by atomic mass is 79.9. The van der Waals surface area contributed by atoms with Crippen molar-refractivity contribution in [1.29, 1.82) is 0 Å². The van der Waals surface area contributed by atoms with Gasteiger partial charge in [0.25, 0.3) is 17.5 Å². The molecule has 2 N–H and O–H groups in total. The summed E-state index contributed by atoms with van der Waals surface area (Å²) in [5.41, 5.74) is 3.36. The second-order valence-corrected chi connectivity index (χ2v) is 14.1. The second kappa shape index (κ2) is 14.0. The Morgan fingerprint density at radius 1 is 0.833 bits per heavy atom. The summed E-state index contributed by atoms with van der Waals surface area (Å²) in [6.45, 7) is 0. The van der Waals surface area contributed by atoms with Crippen molar-refractivity contribution in [3.05, 3.63) is 129 Å². The lowest BCUT2D eigenvalue weighted by Gasteiger charge is -2.08. The number of esters is 1. The van der Waals surface area contributed by atoms with E-state index in [-0.39, 0.29) is 26.9 Å². The Kier molecular flexibility index (Phi) is 9.78. The molecule has 0 saturated heterocycles. The first-order chi connectivity index (χ1) is 23.0. The van der Waals surface area contributed by atoms with Gasteiger partial charge < -0.3 is 10.1 Å². The number of hydrazone groups is 1. The molecule has 240 valence electrons. The zero-order valence-corrected chi connectivity index (χ0v) is 29.2. The first-order valence-electron chi connectivity index (χ1n) is 13.5. The van der Waals surface area contributed by atoms with Crippen molar-refractivity contribution in [2.45, 2.75) is 0 Å². The number of carbonyl (C=O) groups excluding carboxylic acids is 3. The average Bonchev–Trinajstić information content (AvgIpc) is 3.57. The number of nitro benzene ring substituents is 1. The summed E-state index contributed by atoms with van der Waals surface area (Å²) >= 11 is 24.5. The monoisotopic (exact) mass is 800 g/mol. The van der Waals surface area contributed by atoms with E-state index in [1.807, 2.05) is 0 Å². The summed E-state index contributed by atoms with van der Waals surface area (Å²) < 4.78 is 7.50. The minimum atomic E-state index is -0.768. The standard InChI is InChI=1S/C32H16BrCl3N4O6S2/c33-17-3-10-23(46-32(43)29-27(36)22-9-7-20(40(44)45)13-25(22)48-29)16(11-17)14-37-39-30(41)15-1-5-19(6-2-15)38-31(42)28-26(35)21-8-4-18(34)12-24(21)47-28/h1-14H,(H,38,42)(H,39,41)/b37-14-. The number of nitro groups is 1. The van der Waals surface area contributed by atoms with Crippen LogP contribution in [0.25, 0.3) is 20.2 Å². The highest BCUT2D eigenvalue weighted by molar-refractivity contribution is 9.10. The molecule has 6 rings (SSSR count). The first-order valence-corrected chi connectivity index (χ1v) is 17.0. The van der Waals surface area contributed by atoms with Crippen molar-refractivity contribution in [2.24, 2.45) is 5.10 Å². The highest BCUT2D eigenvalue weighted by Gasteiger charge is 2.22. The summed E-state index contributed by atoms with van der Waals surface area (Å²) in [6.07, 6.45) is 1.30. The molecule has 0 saturated carbocycles. The summed E-state index contributed by atoms with van der Waals surface area (Å²) in [7, 11) is 0. The van der Waals surface area contributed by atoms with E-state index in [0.29, 0.717) is 40.7 Å². The lowest BCUT2D eigenvalue weighted by molar-refractivity contribution is -0.384. The number of halogens is 4. The van der Waals surface area contributed by atoms with Crippen LogP contribution in [0.3, 0.4) is 0 Å². The summed E-state index contributed by atoms with van der Waals surface area (Å²) in [5.74, 6) is -1.57. The molecule has 16 heteroatoms. The van der Waals surface area contributed by atoms with Gasteiger partial charge in [0.2, 0.25) is 0 Å². The maximum Gasteiger partial charge on any atom is 0.355 e. The number of ether oxygens (including phenoxy) is 1. The number of amides is 2. The minimum absolute atomic E-state index is 0.0720. The van der Waals surface area contributed by atoms with E-state index in [9.17, 15) is 24.5 Å². The molecule has 0 spiro atoms. The average molecular weight is 803 g/mol. The Morgan fingerprint density at radius 2 is 1.50 bits per heavy atom. The van der Waals surface area contributed by atoms with Crippen LogP contribution in [-0.4, -0.2) is 28.9 Å². The van der Waals surface area contributed by atoms with Crippen LogP contribution in [-0.2, 0) is 0 Å². The molecular formula is C32H16BrCl3N4O6S2. The minimum Gasteiger partial charge on any atom is -0.422 e. The van der Waals surface area contributed by atoms with E-state index >= 15 is 0 Å². The Morgan fingerprint density at radius 3 is 2.23 bits per heavy atom. The van der Waals surface area contributed by atoms with Crippen molar-refractivity contribution in [3.63, 3.8) is 0 Å². The predicted molar refractivity (Wildman–Crippen MR) is 194 cm³/mol. The van der Waals surface area contributed by atoms with Gasteiger partial charge in [0.05, 0.1) is 21.2 Å². The van der Waals surface area contributed by atoms with Gasteiger partial charge >= 0.3 is 5.97 Å². The lowest BCUT2D eigenvalue weighted by atomic mass is 10.2. The second-order valence-electron chi connectivity index (χ2n) is 9.87. The topological polar surface area (TPSA) is 140 Å². The summed E-state index contributed by atoms with van der Waals surface area (Å²) in [5, 5.41) is 20.1. The van der Waals surface area contributed by atoms with Crippen LogP contribution in [0.15, 0.2) is 88.4 Å². The fourth-order valence-electron chi connectivity index (χ4n) is 4.46. The molecule has 0 radical (unpaired) electrons. The van der Waals surface area contributed by atoms with Gasteiger partial charge in [-0.25, -0.2) is 10.2 Å². The Labute approximate surface area is 302 Å². The third-order valence-corrected chi connectivity index (χ3v) is 10.8. The molecule has 0 aliphatic rings. The number of hydrogen-bond donors (Lipinski definition) is 2. The van der Waals surface area contributed by atoms with Crippen molar-refractivity contribution in [1.82, 2.24) is 5.43 Å². The van der Waals surface area contributed by atoms with Crippen molar-refractivity contribution in [2.75, 3.05) is 5.32 Å². The molecular weight excluding hydrogens is 787 g/mol. The number of thiophene rings is 2. The molecule has 0 bridgehead atoms. The molecule has 0 aliphatic heterocycles. The zero-order valence-electron chi connectivity index (χ0n) is 23.8. The number of benzene rings is 4. The number of hydrogen-bond acceptors (Lipinski definition) is 9. The highest BCUT2D eigenvalue weighted by Crippen LogP contribution is 2.39. The molecule has 2 amide bonds. The van der Waals surface area contributed by atoms with Crippen LogP contribution >= 0.6 is 73.4 Å². The van der Waals surface area contributed by atoms with Crippen molar-refractivity contribution >= 4 is 129 Å². The van der Waals surface area contributed by atoms with E-state index in [4.69, 9.17) is 39.5 Å². The van der Waals surface area contributed by atoms with Crippen LogP contribution < -0.4 is 15.5 Å². The molecule has 6 aromatic rings. The number of non-ortho nitro benzene ring substituents is 1. The number of carbonyl (C=O) groups is 3. The summed E-state index contributed by atoms with van der Waals surface area (Å²) in [4.78, 5) is 49.8. The quantitative estimate of drug-likeness (QED) is 0.0516. The van der Waals surface area contributed by atoms with E-state index in [2.05, 4.69) is 31.8 Å². The molecule has 0 aliphatic carbocycles. The van der Waals surface area contributed by atoms with Gasteiger partial charge in [0, 0.05) is 58.6 Å². The third-order valence-electron chi connectivity index (χ3n) is 6.76. The van der Waals surface area contributed by atoms with Crippen LogP contribution in [0.4, 0.5) is 11.4 Å². The Hall–Kier alpha value is -4.37. The molecule has 0 unspecified atom stereocenters. The SMILES string of the molecule is O=C(N/N=C\c1cc(Br)ccc1OC(=O)c1sc2cc([N+](=O)[O-])ccc2c1Cl)c1ccc(NC(=O)c2sc3cc(Cl)ccc3c2Cl)cc1. The largest absolute Gasteiger partial charge is 0.422 e. The van der Waals surface area contributed by atoms with Gasteiger partial charge in [0.15, 0.2) is 0 Å². The van der Waals surface area contributed by atoms with Gasteiger partial charge in [-0.2, -0.15) is 5.10 Å². The number of nitrogens with one attached hydrogen (secondary N) is 2. The molecule has 0 atom stereocenters. The fourth-order valence-corrected chi connectivity index (χ4v) is 7.95. The molecule has 48 heavy (non-hydrogen) atoms. The van der Waals surface area contributed by atoms with Gasteiger partial charge in [-0.3, -0.25) is 19.7 Å². The number of nitrogens with zero attached hydrogens (tertiary/aromatic N) is 2. The van der Waals surface area contributed by atoms with Gasteiger partial charge in [-0.05, 0) is 60.7 Å². The number of rotatable bonds is 8. The van der Waals surface area contributed by atoms with Crippen LogP contribution in [0.5, 0.6) is 5.75 Å². The van der Waals surface area contributed by atoms with E-state index in [1.165, 1.54) is 53.9 Å². The molecule has 2 heterocycles. The van der Waals surface area contributed by atoms with E-state index < -0.39 is 22.7 Å². The predicted octanol–water partition coefficient (Wildman–Crippen LogP) is 9.98. The maximum absolute atomic E-state index is 13.1.